The maximum atomic E-state index is 14.3. The molecule has 18 nitrogen and oxygen atoms in total. The monoisotopic (exact) mass is 1130 g/mol. The SMILES string of the molecule is CC[C@H](N)C(=O)N[C@@H](CCCCNC(=O)CCC#CC#CCCC(=O)NCCCC[C@H](NC(=O)[C@@H](N)CC)C(=O)N1CC(C)(C)c2[nH]c(=O)c(Cc3ccc(F)cc3)cc21)C(=O)N1CC(C)(C)c2[nH]c(=O)c(Cc3ccc(F)cc3)cc21. The lowest BCUT2D eigenvalue weighted by atomic mass is 9.91. The molecule has 4 atom stereocenters. The Morgan fingerprint density at radius 3 is 1.32 bits per heavy atom. The Hall–Kier alpha value is -7.94. The summed E-state index contributed by atoms with van der Waals surface area (Å²) < 4.78 is 27.2. The molecule has 0 aliphatic carbocycles. The van der Waals surface area contributed by atoms with Crippen LogP contribution in [0.4, 0.5) is 20.2 Å². The number of unbranched alkanes of at least 4 members (excludes halogenated alkanes) is 2. The summed E-state index contributed by atoms with van der Waals surface area (Å²) in [7, 11) is 0. The number of anilines is 2. The van der Waals surface area contributed by atoms with Gasteiger partial charge in [-0.15, -0.1) is 0 Å². The summed E-state index contributed by atoms with van der Waals surface area (Å²) in [6.45, 7) is 12.4. The summed E-state index contributed by atoms with van der Waals surface area (Å²) in [5, 5.41) is 11.4. The zero-order chi connectivity index (χ0) is 59.7. The smallest absolute Gasteiger partial charge is 0.251 e. The number of rotatable bonds is 26. The Morgan fingerprint density at radius 1 is 0.598 bits per heavy atom. The van der Waals surface area contributed by atoms with Gasteiger partial charge in [-0.25, -0.2) is 8.78 Å². The largest absolute Gasteiger partial charge is 0.356 e. The van der Waals surface area contributed by atoms with E-state index in [1.54, 1.807) is 60.0 Å². The van der Waals surface area contributed by atoms with Crippen molar-refractivity contribution in [2.24, 2.45) is 11.5 Å². The zero-order valence-corrected chi connectivity index (χ0v) is 47.9. The first-order chi connectivity index (χ1) is 39.0. The maximum Gasteiger partial charge on any atom is 0.251 e. The molecule has 438 valence electrons. The fraction of sp³-hybridized carbons (Fsp3) is 0.484. The molecule has 0 bridgehead atoms. The molecule has 6 rings (SSSR count). The second-order valence-electron chi connectivity index (χ2n) is 22.4. The van der Waals surface area contributed by atoms with E-state index in [0.29, 0.717) is 85.5 Å². The second-order valence-corrected chi connectivity index (χ2v) is 22.4. The number of aromatic nitrogens is 2. The first-order valence-electron chi connectivity index (χ1n) is 28.3. The normalized spacial score (nSPS) is 15.0. The number of benzene rings is 2. The molecular weight excluding hydrogens is 1050 g/mol. The summed E-state index contributed by atoms with van der Waals surface area (Å²) in [5.74, 6) is 8.33. The van der Waals surface area contributed by atoms with Crippen molar-refractivity contribution >= 4 is 46.8 Å². The number of H-pyrrole nitrogens is 2. The van der Waals surface area contributed by atoms with Crippen molar-refractivity contribution in [3.05, 3.63) is 127 Å². The average Bonchev–Trinajstić information content (AvgIpc) is 2.50. The number of aromatic amines is 2. The van der Waals surface area contributed by atoms with E-state index in [0.717, 1.165) is 11.1 Å². The first kappa shape index (κ1) is 63.2. The number of nitrogens with two attached hydrogens (primary N) is 2. The highest BCUT2D eigenvalue weighted by atomic mass is 19.1. The van der Waals surface area contributed by atoms with Crippen LogP contribution in [-0.2, 0) is 52.4 Å². The molecule has 0 fully saturated rings. The number of halogens is 2. The number of carbonyl (C=O) groups is 6. The highest BCUT2D eigenvalue weighted by Gasteiger charge is 2.43. The van der Waals surface area contributed by atoms with Crippen molar-refractivity contribution in [1.29, 1.82) is 0 Å². The zero-order valence-electron chi connectivity index (χ0n) is 47.9. The van der Waals surface area contributed by atoms with Gasteiger partial charge in [-0.3, -0.25) is 38.4 Å². The number of nitrogens with zero attached hydrogens (tertiary/aromatic N) is 2. The predicted molar refractivity (Wildman–Crippen MR) is 311 cm³/mol. The molecule has 2 aromatic carbocycles. The van der Waals surface area contributed by atoms with E-state index in [1.807, 2.05) is 27.7 Å². The summed E-state index contributed by atoms with van der Waals surface area (Å²) in [6, 6.07) is 11.6. The Balaban J connectivity index is 0.906. The quantitative estimate of drug-likeness (QED) is 0.0306. The van der Waals surface area contributed by atoms with Gasteiger partial charge in [0, 0.05) is 98.0 Å². The van der Waals surface area contributed by atoms with Gasteiger partial charge in [0.2, 0.25) is 35.4 Å². The van der Waals surface area contributed by atoms with Crippen LogP contribution in [0.25, 0.3) is 0 Å². The van der Waals surface area contributed by atoms with Crippen molar-refractivity contribution in [3.8, 4) is 23.7 Å². The number of nitrogens with one attached hydrogen (secondary N) is 6. The number of carbonyl (C=O) groups excluding carboxylic acids is 6. The van der Waals surface area contributed by atoms with Crippen LogP contribution in [0.1, 0.15) is 152 Å². The van der Waals surface area contributed by atoms with Gasteiger partial charge in [0.05, 0.1) is 23.5 Å². The molecular formula is C62H78F2N10O8. The molecule has 0 spiro atoms. The third-order valence-corrected chi connectivity index (χ3v) is 14.8. The summed E-state index contributed by atoms with van der Waals surface area (Å²) in [4.78, 5) is 115. The van der Waals surface area contributed by atoms with Gasteiger partial charge >= 0.3 is 0 Å². The molecule has 2 aromatic heterocycles. The minimum Gasteiger partial charge on any atom is -0.356 e. The molecule has 0 saturated heterocycles. The van der Waals surface area contributed by atoms with Crippen LogP contribution in [0.15, 0.2) is 70.3 Å². The van der Waals surface area contributed by atoms with E-state index in [4.69, 9.17) is 11.5 Å². The molecule has 6 amide bonds. The maximum absolute atomic E-state index is 14.3. The highest BCUT2D eigenvalue weighted by molar-refractivity contribution is 6.02. The van der Waals surface area contributed by atoms with Crippen molar-refractivity contribution < 1.29 is 37.5 Å². The van der Waals surface area contributed by atoms with Crippen LogP contribution < -0.4 is 53.7 Å². The van der Waals surface area contributed by atoms with Gasteiger partial charge in [0.1, 0.15) is 23.7 Å². The fourth-order valence-electron chi connectivity index (χ4n) is 9.96. The van der Waals surface area contributed by atoms with Gasteiger partial charge in [-0.2, -0.15) is 0 Å². The summed E-state index contributed by atoms with van der Waals surface area (Å²) in [5.41, 5.74) is 14.9. The lowest BCUT2D eigenvalue weighted by molar-refractivity contribution is -0.128. The van der Waals surface area contributed by atoms with Crippen molar-refractivity contribution in [2.75, 3.05) is 36.0 Å². The number of hydrogen-bond donors (Lipinski definition) is 8. The number of hydrogen-bond acceptors (Lipinski definition) is 10. The molecule has 4 aromatic rings. The number of amides is 6. The molecule has 10 N–H and O–H groups in total. The molecule has 2 aliphatic heterocycles. The lowest BCUT2D eigenvalue weighted by Gasteiger charge is -2.27. The van der Waals surface area contributed by atoms with Crippen molar-refractivity contribution in [2.45, 2.75) is 166 Å². The summed E-state index contributed by atoms with van der Waals surface area (Å²) in [6.07, 6.45) is 4.55. The van der Waals surface area contributed by atoms with E-state index in [9.17, 15) is 47.1 Å². The molecule has 4 heterocycles. The van der Waals surface area contributed by atoms with Gasteiger partial charge in [0.15, 0.2) is 0 Å². The lowest BCUT2D eigenvalue weighted by Crippen LogP contribution is -2.53. The van der Waals surface area contributed by atoms with Crippen LogP contribution in [-0.4, -0.2) is 95.8 Å². The highest BCUT2D eigenvalue weighted by Crippen LogP contribution is 2.41. The van der Waals surface area contributed by atoms with Crippen LogP contribution >= 0.6 is 0 Å². The van der Waals surface area contributed by atoms with Crippen LogP contribution in [0.3, 0.4) is 0 Å². The second kappa shape index (κ2) is 29.2. The topological polar surface area (TPSA) is 275 Å². The third kappa shape index (κ3) is 17.3. The Kier molecular flexibility index (Phi) is 22.5. The minimum absolute atomic E-state index is 0.138. The molecule has 82 heavy (non-hydrogen) atoms. The standard InChI is InChI=1S/C62H78F2N10O8/c1-7-45(65)57(79)69-47(59(81)73-37-61(3,4)53-49(73)35-41(55(77)71-53)33-39-23-27-43(63)28-24-39)19-15-17-31-67-51(75)21-13-11-9-10-12-14-22-52(76)68-32-18-16-20-48(70-58(80)46(66)8-2)60(82)74-38-62(5,6)54-50(74)36-42(56(78)72-54)34-40-25-29-44(64)30-26-40/h23-30,35-36,45-48H,7-8,13-22,31-34,37-38,65-66H2,1-6H3,(H,67,75)(H,68,76)(H,69,79)(H,70,80)(H,71,77)(H,72,78)/t45-,46-,47-,48-/m0/s1. The molecule has 0 saturated carbocycles. The molecule has 0 radical (unpaired) electrons. The van der Waals surface area contributed by atoms with E-state index >= 15 is 0 Å². The third-order valence-electron chi connectivity index (χ3n) is 14.8. The minimum atomic E-state index is -0.924. The molecule has 2 aliphatic rings. The first-order valence-corrected chi connectivity index (χ1v) is 28.3. The van der Waals surface area contributed by atoms with Crippen LogP contribution in [0, 0.1) is 35.3 Å². The van der Waals surface area contributed by atoms with E-state index in [1.165, 1.54) is 24.3 Å². The summed E-state index contributed by atoms with van der Waals surface area (Å²) >= 11 is 0. The van der Waals surface area contributed by atoms with Gasteiger partial charge in [0.25, 0.3) is 11.1 Å². The van der Waals surface area contributed by atoms with Gasteiger partial charge < -0.3 is 52.5 Å². The molecule has 20 heteroatoms. The average molecular weight is 1130 g/mol. The molecule has 0 unspecified atom stereocenters. The van der Waals surface area contributed by atoms with Gasteiger partial charge in [-0.1, -0.05) is 77.6 Å². The van der Waals surface area contributed by atoms with E-state index in [2.05, 4.69) is 54.9 Å². The van der Waals surface area contributed by atoms with E-state index < -0.39 is 58.4 Å². The Labute approximate surface area is 478 Å². The fourth-order valence-corrected chi connectivity index (χ4v) is 9.96. The van der Waals surface area contributed by atoms with Crippen molar-refractivity contribution in [3.63, 3.8) is 0 Å². The van der Waals surface area contributed by atoms with E-state index in [-0.39, 0.29) is 99.2 Å². The predicted octanol–water partition coefficient (Wildman–Crippen LogP) is 5.06. The van der Waals surface area contributed by atoms with Gasteiger partial charge in [-0.05, 0) is 111 Å². The van der Waals surface area contributed by atoms with Crippen LogP contribution in [0.5, 0.6) is 0 Å². The van der Waals surface area contributed by atoms with Crippen molar-refractivity contribution in [1.82, 2.24) is 31.2 Å². The Morgan fingerprint density at radius 2 is 0.963 bits per heavy atom. The Bertz CT molecular complexity index is 2990. The number of pyridine rings is 2. The van der Waals surface area contributed by atoms with Crippen LogP contribution in [0.2, 0.25) is 0 Å². The number of fused-ring (bicyclic) bond motifs is 2.